The second kappa shape index (κ2) is 5.54. The van der Waals surface area contributed by atoms with Crippen molar-refractivity contribution >= 4 is 46.4 Å². The predicted octanol–water partition coefficient (Wildman–Crippen LogP) is 6.23. The molecule has 0 saturated heterocycles. The summed E-state index contributed by atoms with van der Waals surface area (Å²) in [6.07, 6.45) is 0. The van der Waals surface area contributed by atoms with Crippen LogP contribution in [0.1, 0.15) is 25.0 Å². The molecule has 0 aliphatic rings. The van der Waals surface area contributed by atoms with Gasteiger partial charge in [0.1, 0.15) is 0 Å². The SMILES string of the molecule is CC(C)(c1cc(Cl)[c]c(Cl)c1)c1cc(Cl)[c]c(Cl)c1. The zero-order valence-electron chi connectivity index (χ0n) is 10.3. The minimum atomic E-state index is -0.329. The lowest BCUT2D eigenvalue weighted by Gasteiger charge is -2.27. The molecule has 4 heteroatoms. The van der Waals surface area contributed by atoms with Gasteiger partial charge in [0, 0.05) is 17.5 Å². The highest BCUT2D eigenvalue weighted by Crippen LogP contribution is 2.36. The molecule has 2 aromatic carbocycles. The van der Waals surface area contributed by atoms with Crippen LogP contribution < -0.4 is 0 Å². The Morgan fingerprint density at radius 2 is 0.947 bits per heavy atom. The molecule has 2 aromatic rings. The first kappa shape index (κ1) is 15.0. The molecule has 0 amide bonds. The van der Waals surface area contributed by atoms with Gasteiger partial charge >= 0.3 is 0 Å². The summed E-state index contributed by atoms with van der Waals surface area (Å²) in [5.41, 5.74) is 1.62. The summed E-state index contributed by atoms with van der Waals surface area (Å²) < 4.78 is 0. The lowest BCUT2D eigenvalue weighted by atomic mass is 9.78. The van der Waals surface area contributed by atoms with Gasteiger partial charge in [-0.25, -0.2) is 0 Å². The molecule has 0 aromatic heterocycles. The van der Waals surface area contributed by atoms with Crippen LogP contribution in [0.4, 0.5) is 0 Å². The van der Waals surface area contributed by atoms with E-state index in [2.05, 4.69) is 26.0 Å². The maximum atomic E-state index is 6.01. The van der Waals surface area contributed by atoms with Gasteiger partial charge < -0.3 is 0 Å². The summed E-state index contributed by atoms with van der Waals surface area (Å²) in [6.45, 7) is 4.11. The molecule has 2 radical (unpaired) electrons. The third-order valence-corrected chi connectivity index (χ3v) is 3.86. The number of hydrogen-bond acceptors (Lipinski definition) is 0. The molecule has 0 nitrogen and oxygen atoms in total. The second-order valence-electron chi connectivity index (χ2n) is 4.75. The van der Waals surface area contributed by atoms with Gasteiger partial charge in [-0.3, -0.25) is 0 Å². The number of benzene rings is 2. The van der Waals surface area contributed by atoms with E-state index in [1.807, 2.05) is 24.3 Å². The van der Waals surface area contributed by atoms with Crippen LogP contribution in [0.25, 0.3) is 0 Å². The Labute approximate surface area is 133 Å². The van der Waals surface area contributed by atoms with E-state index in [1.54, 1.807) is 0 Å². The Morgan fingerprint density at radius 1 is 0.684 bits per heavy atom. The monoisotopic (exact) mass is 330 g/mol. The van der Waals surface area contributed by atoms with Crippen molar-refractivity contribution < 1.29 is 0 Å². The first-order chi connectivity index (χ1) is 8.79. The van der Waals surface area contributed by atoms with Crippen molar-refractivity contribution in [2.45, 2.75) is 19.3 Å². The molecule has 0 N–H and O–H groups in total. The fourth-order valence-electron chi connectivity index (χ4n) is 1.89. The Balaban J connectivity index is 2.57. The average molecular weight is 332 g/mol. The van der Waals surface area contributed by atoms with Crippen LogP contribution in [-0.4, -0.2) is 0 Å². The number of rotatable bonds is 2. The van der Waals surface area contributed by atoms with Crippen molar-refractivity contribution in [3.8, 4) is 0 Å². The molecule has 0 aliphatic heterocycles. The predicted molar refractivity (Wildman–Crippen MR) is 82.7 cm³/mol. The van der Waals surface area contributed by atoms with Gasteiger partial charge in [0.15, 0.2) is 0 Å². The van der Waals surface area contributed by atoms with Gasteiger partial charge in [-0.1, -0.05) is 60.3 Å². The standard InChI is InChI=1S/C15H10Cl4/c1-15(2,9-3-11(16)7-12(17)4-9)10-5-13(18)8-14(19)6-10/h3-6H,1-2H3. The van der Waals surface area contributed by atoms with Crippen molar-refractivity contribution in [1.82, 2.24) is 0 Å². The van der Waals surface area contributed by atoms with E-state index < -0.39 is 0 Å². The zero-order valence-corrected chi connectivity index (χ0v) is 13.3. The van der Waals surface area contributed by atoms with E-state index in [4.69, 9.17) is 46.4 Å². The largest absolute Gasteiger partial charge is 0.0836 e. The summed E-state index contributed by atoms with van der Waals surface area (Å²) in [4.78, 5) is 0. The minimum absolute atomic E-state index is 0.329. The maximum absolute atomic E-state index is 6.01. The topological polar surface area (TPSA) is 0 Å². The third kappa shape index (κ3) is 3.38. The smallest absolute Gasteiger partial charge is 0.0503 e. The minimum Gasteiger partial charge on any atom is -0.0836 e. The van der Waals surface area contributed by atoms with Crippen molar-refractivity contribution in [2.24, 2.45) is 0 Å². The highest BCUT2D eigenvalue weighted by Gasteiger charge is 2.25. The molecule has 19 heavy (non-hydrogen) atoms. The van der Waals surface area contributed by atoms with Crippen molar-refractivity contribution in [1.29, 1.82) is 0 Å². The van der Waals surface area contributed by atoms with Crippen molar-refractivity contribution in [2.75, 3.05) is 0 Å². The molecule has 0 atom stereocenters. The van der Waals surface area contributed by atoms with Gasteiger partial charge in [0.25, 0.3) is 0 Å². The van der Waals surface area contributed by atoms with E-state index in [1.165, 1.54) is 0 Å². The summed E-state index contributed by atoms with van der Waals surface area (Å²) in [6, 6.07) is 13.0. The fraction of sp³-hybridized carbons (Fsp3) is 0.200. The summed E-state index contributed by atoms with van der Waals surface area (Å²) in [5.74, 6) is 0. The van der Waals surface area contributed by atoms with Gasteiger partial charge in [-0.15, -0.1) is 0 Å². The molecule has 0 saturated carbocycles. The van der Waals surface area contributed by atoms with Crippen molar-refractivity contribution in [3.05, 3.63) is 67.6 Å². The van der Waals surface area contributed by atoms with E-state index in [9.17, 15) is 0 Å². The first-order valence-electron chi connectivity index (χ1n) is 5.57. The molecule has 0 heterocycles. The van der Waals surface area contributed by atoms with Gasteiger partial charge in [-0.05, 0) is 35.4 Å². The fourth-order valence-corrected chi connectivity index (χ4v) is 2.86. The van der Waals surface area contributed by atoms with Gasteiger partial charge in [0.2, 0.25) is 0 Å². The van der Waals surface area contributed by atoms with E-state index in [0.29, 0.717) is 20.1 Å². The molecular weight excluding hydrogens is 322 g/mol. The lowest BCUT2D eigenvalue weighted by molar-refractivity contribution is 0.641. The van der Waals surface area contributed by atoms with E-state index >= 15 is 0 Å². The van der Waals surface area contributed by atoms with Crippen LogP contribution >= 0.6 is 46.4 Å². The zero-order chi connectivity index (χ0) is 14.2. The Morgan fingerprint density at radius 3 is 1.21 bits per heavy atom. The molecule has 2 rings (SSSR count). The average Bonchev–Trinajstić information content (AvgIpc) is 2.26. The second-order valence-corrected chi connectivity index (χ2v) is 6.38. The van der Waals surface area contributed by atoms with Crippen LogP contribution in [0.5, 0.6) is 0 Å². The highest BCUT2D eigenvalue weighted by molar-refractivity contribution is 6.35. The number of hydrogen-bond donors (Lipinski definition) is 0. The quantitative estimate of drug-likeness (QED) is 0.612. The van der Waals surface area contributed by atoms with Crippen LogP contribution in [-0.2, 0) is 5.41 Å². The molecule has 0 spiro atoms. The Kier molecular flexibility index (Phi) is 4.37. The molecule has 0 unspecified atom stereocenters. The highest BCUT2D eigenvalue weighted by atomic mass is 35.5. The molecule has 98 valence electrons. The first-order valence-corrected chi connectivity index (χ1v) is 7.08. The van der Waals surface area contributed by atoms with E-state index in [-0.39, 0.29) is 5.41 Å². The molecule has 0 aliphatic carbocycles. The van der Waals surface area contributed by atoms with Gasteiger partial charge in [0.05, 0.1) is 20.1 Å². The van der Waals surface area contributed by atoms with Crippen LogP contribution in [0.3, 0.4) is 0 Å². The summed E-state index contributed by atoms with van der Waals surface area (Å²) in [5, 5.41) is 1.93. The maximum Gasteiger partial charge on any atom is 0.0503 e. The van der Waals surface area contributed by atoms with Crippen molar-refractivity contribution in [3.63, 3.8) is 0 Å². The third-order valence-electron chi connectivity index (χ3n) is 3.05. The molecule has 0 bridgehead atoms. The Hall–Kier alpha value is -0.400. The Bertz CT molecular complexity index is 524. The van der Waals surface area contributed by atoms with Gasteiger partial charge in [-0.2, -0.15) is 0 Å². The van der Waals surface area contributed by atoms with Crippen LogP contribution in [0.15, 0.2) is 24.3 Å². The van der Waals surface area contributed by atoms with Crippen LogP contribution in [0, 0.1) is 12.1 Å². The molecular formula is C15H10Cl4. The summed E-state index contributed by atoms with van der Waals surface area (Å²) >= 11 is 24.0. The molecule has 0 fully saturated rings. The summed E-state index contributed by atoms with van der Waals surface area (Å²) in [7, 11) is 0. The normalized spacial score (nSPS) is 11.7. The lowest BCUT2D eigenvalue weighted by Crippen LogP contribution is -2.19. The van der Waals surface area contributed by atoms with E-state index in [0.717, 1.165) is 11.1 Å². The number of halogens is 4. The van der Waals surface area contributed by atoms with Crippen LogP contribution in [0.2, 0.25) is 20.1 Å².